The molecule has 146 valence electrons. The Bertz CT molecular complexity index is 907. The molecule has 2 aromatic rings. The second-order valence-electron chi connectivity index (χ2n) is 6.86. The molecule has 0 aromatic heterocycles. The average molecular weight is 389 g/mol. The number of carbonyl (C=O) groups is 1. The van der Waals surface area contributed by atoms with Gasteiger partial charge in [0.2, 0.25) is 15.9 Å². The zero-order valence-corrected chi connectivity index (χ0v) is 17.3. The summed E-state index contributed by atoms with van der Waals surface area (Å²) in [6.07, 6.45) is 1.94. The first-order valence-corrected chi connectivity index (χ1v) is 10.9. The van der Waals surface area contributed by atoms with Crippen molar-refractivity contribution in [2.24, 2.45) is 0 Å². The standard InChI is InChI=1S/C21H28N2O3S/c1-16-10-7-12-20(18(16)3)23(27(4,25)26)14-8-13-21(24)22-15-19-11-6-5-9-17(19)2/h5-7,9-12H,8,13-15H2,1-4H3,(H,22,24). The molecule has 0 fully saturated rings. The summed E-state index contributed by atoms with van der Waals surface area (Å²) >= 11 is 0. The molecule has 0 atom stereocenters. The fourth-order valence-electron chi connectivity index (χ4n) is 2.94. The third-order valence-corrected chi connectivity index (χ3v) is 5.93. The predicted octanol–water partition coefficient (Wildman–Crippen LogP) is 3.47. The first-order chi connectivity index (χ1) is 12.7. The first kappa shape index (κ1) is 21.0. The molecule has 0 aliphatic carbocycles. The summed E-state index contributed by atoms with van der Waals surface area (Å²) in [4.78, 5) is 12.1. The minimum absolute atomic E-state index is 0.0762. The first-order valence-electron chi connectivity index (χ1n) is 9.05. The van der Waals surface area contributed by atoms with E-state index >= 15 is 0 Å². The maximum absolute atomic E-state index is 12.2. The van der Waals surface area contributed by atoms with Gasteiger partial charge in [0.15, 0.2) is 0 Å². The number of anilines is 1. The number of nitrogens with zero attached hydrogens (tertiary/aromatic N) is 1. The molecule has 2 aromatic carbocycles. The van der Waals surface area contributed by atoms with E-state index < -0.39 is 10.0 Å². The van der Waals surface area contributed by atoms with E-state index in [1.54, 1.807) is 0 Å². The molecule has 0 heterocycles. The number of carbonyl (C=O) groups excluding carboxylic acids is 1. The molecule has 2 rings (SSSR count). The summed E-state index contributed by atoms with van der Waals surface area (Å²) in [6.45, 7) is 6.64. The largest absolute Gasteiger partial charge is 0.352 e. The Morgan fingerprint density at radius 3 is 2.33 bits per heavy atom. The summed E-state index contributed by atoms with van der Waals surface area (Å²) in [6, 6.07) is 13.5. The van der Waals surface area contributed by atoms with Crippen LogP contribution in [0, 0.1) is 20.8 Å². The van der Waals surface area contributed by atoms with E-state index in [9.17, 15) is 13.2 Å². The maximum Gasteiger partial charge on any atom is 0.232 e. The zero-order chi connectivity index (χ0) is 20.0. The van der Waals surface area contributed by atoms with Crippen molar-refractivity contribution >= 4 is 21.6 Å². The molecule has 0 bridgehead atoms. The van der Waals surface area contributed by atoms with Crippen LogP contribution < -0.4 is 9.62 Å². The fourth-order valence-corrected chi connectivity index (χ4v) is 3.96. The summed E-state index contributed by atoms with van der Waals surface area (Å²) in [5.74, 6) is -0.0762. The molecular weight excluding hydrogens is 360 g/mol. The van der Waals surface area contributed by atoms with Gasteiger partial charge in [-0.2, -0.15) is 0 Å². The van der Waals surface area contributed by atoms with Gasteiger partial charge < -0.3 is 5.32 Å². The van der Waals surface area contributed by atoms with Gasteiger partial charge in [-0.15, -0.1) is 0 Å². The van der Waals surface area contributed by atoms with Crippen molar-refractivity contribution < 1.29 is 13.2 Å². The molecule has 1 N–H and O–H groups in total. The summed E-state index contributed by atoms with van der Waals surface area (Å²) in [5, 5.41) is 2.91. The van der Waals surface area contributed by atoms with Gasteiger partial charge >= 0.3 is 0 Å². The van der Waals surface area contributed by atoms with Gasteiger partial charge in [0.25, 0.3) is 0 Å². The van der Waals surface area contributed by atoms with Crippen molar-refractivity contribution in [3.05, 3.63) is 64.7 Å². The highest BCUT2D eigenvalue weighted by molar-refractivity contribution is 7.92. The molecule has 0 unspecified atom stereocenters. The van der Waals surface area contributed by atoms with Gasteiger partial charge in [0.05, 0.1) is 11.9 Å². The Labute approximate surface area is 162 Å². The third-order valence-electron chi connectivity index (χ3n) is 4.75. The van der Waals surface area contributed by atoms with E-state index in [0.717, 1.165) is 22.3 Å². The molecule has 0 spiro atoms. The highest BCUT2D eigenvalue weighted by Crippen LogP contribution is 2.25. The number of hydrogen-bond donors (Lipinski definition) is 1. The molecule has 27 heavy (non-hydrogen) atoms. The van der Waals surface area contributed by atoms with Crippen LogP contribution in [0.4, 0.5) is 5.69 Å². The molecule has 0 aliphatic rings. The van der Waals surface area contributed by atoms with Crippen molar-refractivity contribution in [3.8, 4) is 0 Å². The van der Waals surface area contributed by atoms with Crippen molar-refractivity contribution in [1.82, 2.24) is 5.32 Å². The van der Waals surface area contributed by atoms with E-state index in [-0.39, 0.29) is 18.9 Å². The lowest BCUT2D eigenvalue weighted by atomic mass is 10.1. The smallest absolute Gasteiger partial charge is 0.232 e. The van der Waals surface area contributed by atoms with Crippen LogP contribution in [0.15, 0.2) is 42.5 Å². The minimum Gasteiger partial charge on any atom is -0.352 e. The Morgan fingerprint density at radius 2 is 1.67 bits per heavy atom. The van der Waals surface area contributed by atoms with Crippen LogP contribution in [0.1, 0.15) is 35.1 Å². The van der Waals surface area contributed by atoms with Crippen LogP contribution in [0.3, 0.4) is 0 Å². The predicted molar refractivity (Wildman–Crippen MR) is 110 cm³/mol. The summed E-state index contributed by atoms with van der Waals surface area (Å²) in [7, 11) is -3.41. The van der Waals surface area contributed by atoms with E-state index in [1.807, 2.05) is 63.2 Å². The van der Waals surface area contributed by atoms with Crippen LogP contribution in [0.5, 0.6) is 0 Å². The lowest BCUT2D eigenvalue weighted by Crippen LogP contribution is -2.32. The molecular formula is C21H28N2O3S. The molecule has 0 aliphatic heterocycles. The van der Waals surface area contributed by atoms with Gasteiger partial charge in [0, 0.05) is 19.5 Å². The normalized spacial score (nSPS) is 11.3. The SMILES string of the molecule is Cc1ccccc1CNC(=O)CCCN(c1cccc(C)c1C)S(C)(=O)=O. The number of aryl methyl sites for hydroxylation is 2. The van der Waals surface area contributed by atoms with Crippen LogP contribution in [-0.4, -0.2) is 27.1 Å². The van der Waals surface area contributed by atoms with Gasteiger partial charge in [0.1, 0.15) is 0 Å². The second kappa shape index (κ2) is 9.04. The maximum atomic E-state index is 12.2. The Morgan fingerprint density at radius 1 is 1.00 bits per heavy atom. The molecule has 1 amide bonds. The highest BCUT2D eigenvalue weighted by Gasteiger charge is 2.19. The van der Waals surface area contributed by atoms with Crippen molar-refractivity contribution in [1.29, 1.82) is 0 Å². The van der Waals surface area contributed by atoms with Crippen LogP contribution in [0.2, 0.25) is 0 Å². The highest BCUT2D eigenvalue weighted by atomic mass is 32.2. The van der Waals surface area contributed by atoms with Crippen molar-refractivity contribution in [2.75, 3.05) is 17.1 Å². The number of amides is 1. The number of nitrogens with one attached hydrogen (secondary N) is 1. The quantitative estimate of drug-likeness (QED) is 0.753. The second-order valence-corrected chi connectivity index (χ2v) is 8.77. The van der Waals surface area contributed by atoms with Gasteiger partial charge in [-0.25, -0.2) is 8.42 Å². The molecule has 0 saturated heterocycles. The zero-order valence-electron chi connectivity index (χ0n) is 16.5. The van der Waals surface area contributed by atoms with Crippen LogP contribution in [-0.2, 0) is 21.4 Å². The summed E-state index contributed by atoms with van der Waals surface area (Å²) < 4.78 is 25.9. The molecule has 0 saturated carbocycles. The van der Waals surface area contributed by atoms with Gasteiger partial charge in [-0.05, 0) is 55.5 Å². The Hall–Kier alpha value is -2.34. The fraction of sp³-hybridized carbons (Fsp3) is 0.381. The lowest BCUT2D eigenvalue weighted by Gasteiger charge is -2.25. The molecule has 6 heteroatoms. The van der Waals surface area contributed by atoms with Crippen LogP contribution in [0.25, 0.3) is 0 Å². The lowest BCUT2D eigenvalue weighted by molar-refractivity contribution is -0.121. The van der Waals surface area contributed by atoms with Crippen molar-refractivity contribution in [2.45, 2.75) is 40.2 Å². The number of sulfonamides is 1. The van der Waals surface area contributed by atoms with Crippen molar-refractivity contribution in [3.63, 3.8) is 0 Å². The van der Waals surface area contributed by atoms with E-state index in [4.69, 9.17) is 0 Å². The van der Waals surface area contributed by atoms with Crippen LogP contribution >= 0.6 is 0 Å². The minimum atomic E-state index is -3.41. The molecule has 0 radical (unpaired) electrons. The summed E-state index contributed by atoms with van der Waals surface area (Å²) in [5.41, 5.74) is 4.87. The molecule has 5 nitrogen and oxygen atoms in total. The Kier molecular flexibility index (Phi) is 7.02. The third kappa shape index (κ3) is 5.82. The monoisotopic (exact) mass is 388 g/mol. The van der Waals surface area contributed by atoms with Gasteiger partial charge in [-0.3, -0.25) is 9.10 Å². The number of hydrogen-bond acceptors (Lipinski definition) is 3. The van der Waals surface area contributed by atoms with E-state index in [2.05, 4.69) is 5.32 Å². The van der Waals surface area contributed by atoms with Gasteiger partial charge in [-0.1, -0.05) is 36.4 Å². The van der Waals surface area contributed by atoms with E-state index in [1.165, 1.54) is 10.6 Å². The topological polar surface area (TPSA) is 66.5 Å². The average Bonchev–Trinajstić information content (AvgIpc) is 2.60. The number of benzene rings is 2. The number of rotatable bonds is 8. The Balaban J connectivity index is 1.95. The van der Waals surface area contributed by atoms with E-state index in [0.29, 0.717) is 18.7 Å².